The third-order valence-corrected chi connectivity index (χ3v) is 6.09. The lowest BCUT2D eigenvalue weighted by Gasteiger charge is -2.25. The third-order valence-electron chi connectivity index (χ3n) is 5.06. The van der Waals surface area contributed by atoms with E-state index in [9.17, 15) is 0 Å². The van der Waals surface area contributed by atoms with Crippen LogP contribution in [0.25, 0.3) is 0 Å². The van der Waals surface area contributed by atoms with Gasteiger partial charge < -0.3 is 5.32 Å². The predicted molar refractivity (Wildman–Crippen MR) is 92.6 cm³/mol. The molecule has 0 aliphatic heterocycles. The summed E-state index contributed by atoms with van der Waals surface area (Å²) in [6, 6.07) is 0.587. The molecule has 1 fully saturated rings. The number of rotatable bonds is 7. The molecule has 4 heteroatoms. The lowest BCUT2D eigenvalue weighted by molar-refractivity contribution is 0.342. The molecule has 1 aromatic heterocycles. The lowest BCUT2D eigenvalue weighted by Crippen LogP contribution is -2.37. The molecule has 1 heterocycles. The smallest absolute Gasteiger partial charge is 0.0738 e. The van der Waals surface area contributed by atoms with E-state index in [2.05, 4.69) is 58.7 Å². The minimum absolute atomic E-state index is 0.587. The molecule has 21 heavy (non-hydrogen) atoms. The number of nitrogens with zero attached hydrogens (tertiary/aromatic N) is 2. The van der Waals surface area contributed by atoms with Crippen molar-refractivity contribution in [2.24, 2.45) is 11.8 Å². The largest absolute Gasteiger partial charge is 0.314 e. The number of halogens is 1. The van der Waals surface area contributed by atoms with Crippen molar-refractivity contribution in [1.82, 2.24) is 15.1 Å². The number of nitrogens with one attached hydrogen (secondary N) is 1. The highest BCUT2D eigenvalue weighted by Gasteiger charge is 2.31. The summed E-state index contributed by atoms with van der Waals surface area (Å²) in [5.74, 6) is 1.76. The fourth-order valence-corrected chi connectivity index (χ4v) is 4.24. The quantitative estimate of drug-likeness (QED) is 0.789. The Bertz CT molecular complexity index is 455. The highest BCUT2D eigenvalue weighted by molar-refractivity contribution is 9.10. The van der Waals surface area contributed by atoms with E-state index in [1.807, 2.05) is 0 Å². The van der Waals surface area contributed by atoms with Gasteiger partial charge in [-0.1, -0.05) is 26.7 Å². The zero-order valence-corrected chi connectivity index (χ0v) is 15.5. The van der Waals surface area contributed by atoms with Gasteiger partial charge in [0.1, 0.15) is 0 Å². The summed E-state index contributed by atoms with van der Waals surface area (Å²) in [6.45, 7) is 10.8. The molecule has 120 valence electrons. The standard InChI is InChI=1S/C17H30BrN3/c1-5-13-8-9-14(10-13)15(19-6-2)11-16-17(18)12(4)20-21(16)7-3/h13-15,19H,5-11H2,1-4H3. The van der Waals surface area contributed by atoms with Gasteiger partial charge in [0.05, 0.1) is 15.9 Å². The van der Waals surface area contributed by atoms with Gasteiger partial charge in [-0.05, 0) is 61.0 Å². The Morgan fingerprint density at radius 1 is 1.33 bits per heavy atom. The van der Waals surface area contributed by atoms with Gasteiger partial charge in [-0.2, -0.15) is 5.10 Å². The number of likely N-dealkylation sites (N-methyl/N-ethyl adjacent to an activating group) is 1. The third kappa shape index (κ3) is 3.89. The molecular formula is C17H30BrN3. The Morgan fingerprint density at radius 2 is 2.10 bits per heavy atom. The lowest BCUT2D eigenvalue weighted by atomic mass is 9.92. The predicted octanol–water partition coefficient (Wildman–Crippen LogP) is 4.32. The van der Waals surface area contributed by atoms with Crippen molar-refractivity contribution in [1.29, 1.82) is 0 Å². The van der Waals surface area contributed by atoms with E-state index in [1.165, 1.54) is 35.8 Å². The van der Waals surface area contributed by atoms with Crippen LogP contribution in [-0.2, 0) is 13.0 Å². The van der Waals surface area contributed by atoms with Crippen LogP contribution in [-0.4, -0.2) is 22.4 Å². The van der Waals surface area contributed by atoms with Crippen molar-refractivity contribution in [3.05, 3.63) is 15.9 Å². The second-order valence-corrected chi connectivity index (χ2v) is 7.17. The SMILES string of the molecule is CCNC(Cc1c(Br)c(C)nn1CC)C1CCC(CC)C1. The van der Waals surface area contributed by atoms with Gasteiger partial charge in [-0.25, -0.2) is 0 Å². The fourth-order valence-electron chi connectivity index (χ4n) is 3.79. The van der Waals surface area contributed by atoms with Crippen molar-refractivity contribution < 1.29 is 0 Å². The summed E-state index contributed by atoms with van der Waals surface area (Å²) in [5, 5.41) is 8.39. The molecule has 0 radical (unpaired) electrons. The first-order chi connectivity index (χ1) is 10.1. The Morgan fingerprint density at radius 3 is 2.67 bits per heavy atom. The van der Waals surface area contributed by atoms with Crippen LogP contribution in [0.2, 0.25) is 0 Å². The Labute approximate surface area is 138 Å². The minimum Gasteiger partial charge on any atom is -0.314 e. The highest BCUT2D eigenvalue weighted by Crippen LogP contribution is 2.36. The average molecular weight is 356 g/mol. The van der Waals surface area contributed by atoms with Gasteiger partial charge in [0, 0.05) is 19.0 Å². The second kappa shape index (κ2) is 7.77. The van der Waals surface area contributed by atoms with Crippen LogP contribution in [0.15, 0.2) is 4.47 Å². The minimum atomic E-state index is 0.587. The van der Waals surface area contributed by atoms with Crippen molar-refractivity contribution in [3.63, 3.8) is 0 Å². The number of hydrogen-bond donors (Lipinski definition) is 1. The van der Waals surface area contributed by atoms with Gasteiger partial charge in [-0.15, -0.1) is 0 Å². The molecule has 1 aromatic rings. The monoisotopic (exact) mass is 355 g/mol. The highest BCUT2D eigenvalue weighted by atomic mass is 79.9. The molecule has 1 N–H and O–H groups in total. The van der Waals surface area contributed by atoms with Gasteiger partial charge in [0.2, 0.25) is 0 Å². The molecule has 3 unspecified atom stereocenters. The summed E-state index contributed by atoms with van der Waals surface area (Å²) in [7, 11) is 0. The molecule has 1 aliphatic rings. The molecular weight excluding hydrogens is 326 g/mol. The maximum absolute atomic E-state index is 4.64. The molecule has 0 bridgehead atoms. The van der Waals surface area contributed by atoms with Crippen LogP contribution in [0.3, 0.4) is 0 Å². The van der Waals surface area contributed by atoms with Crippen LogP contribution in [0.4, 0.5) is 0 Å². The fraction of sp³-hybridized carbons (Fsp3) is 0.824. The van der Waals surface area contributed by atoms with Crippen molar-refractivity contribution in [2.45, 2.75) is 72.4 Å². The zero-order valence-electron chi connectivity index (χ0n) is 14.0. The molecule has 0 spiro atoms. The normalized spacial score (nSPS) is 23.7. The molecule has 2 rings (SSSR count). The van der Waals surface area contributed by atoms with E-state index in [0.29, 0.717) is 6.04 Å². The first-order valence-electron chi connectivity index (χ1n) is 8.55. The Hall–Kier alpha value is -0.350. The molecule has 0 amide bonds. The van der Waals surface area contributed by atoms with Gasteiger partial charge in [-0.3, -0.25) is 4.68 Å². The molecule has 3 nitrogen and oxygen atoms in total. The second-order valence-electron chi connectivity index (χ2n) is 6.38. The van der Waals surface area contributed by atoms with Crippen LogP contribution in [0, 0.1) is 18.8 Å². The molecule has 1 aliphatic carbocycles. The number of hydrogen-bond acceptors (Lipinski definition) is 2. The Balaban J connectivity index is 2.13. The van der Waals surface area contributed by atoms with Crippen LogP contribution < -0.4 is 5.32 Å². The van der Waals surface area contributed by atoms with Crippen molar-refractivity contribution in [2.75, 3.05) is 6.54 Å². The number of aromatic nitrogens is 2. The average Bonchev–Trinajstić information content (AvgIpc) is 3.06. The summed E-state index contributed by atoms with van der Waals surface area (Å²) in [5.41, 5.74) is 2.47. The Kier molecular flexibility index (Phi) is 6.30. The summed E-state index contributed by atoms with van der Waals surface area (Å²) >= 11 is 3.74. The van der Waals surface area contributed by atoms with Crippen LogP contribution in [0.5, 0.6) is 0 Å². The summed E-state index contributed by atoms with van der Waals surface area (Å²) in [6.07, 6.45) is 6.61. The van der Waals surface area contributed by atoms with E-state index in [4.69, 9.17) is 0 Å². The van der Waals surface area contributed by atoms with E-state index in [1.54, 1.807) is 0 Å². The van der Waals surface area contributed by atoms with Crippen LogP contribution >= 0.6 is 15.9 Å². The van der Waals surface area contributed by atoms with E-state index < -0.39 is 0 Å². The molecule has 3 atom stereocenters. The molecule has 1 saturated carbocycles. The maximum atomic E-state index is 4.64. The zero-order chi connectivity index (χ0) is 15.4. The maximum Gasteiger partial charge on any atom is 0.0738 e. The van der Waals surface area contributed by atoms with Crippen molar-refractivity contribution in [3.8, 4) is 0 Å². The van der Waals surface area contributed by atoms with E-state index >= 15 is 0 Å². The molecule has 0 saturated heterocycles. The van der Waals surface area contributed by atoms with Gasteiger partial charge >= 0.3 is 0 Å². The van der Waals surface area contributed by atoms with E-state index in [-0.39, 0.29) is 0 Å². The van der Waals surface area contributed by atoms with Crippen molar-refractivity contribution >= 4 is 15.9 Å². The summed E-state index contributed by atoms with van der Waals surface area (Å²) < 4.78 is 3.37. The number of aryl methyl sites for hydroxylation is 2. The van der Waals surface area contributed by atoms with Gasteiger partial charge in [0.25, 0.3) is 0 Å². The van der Waals surface area contributed by atoms with Crippen LogP contribution in [0.1, 0.15) is 57.8 Å². The summed E-state index contributed by atoms with van der Waals surface area (Å²) in [4.78, 5) is 0. The first kappa shape index (κ1) is 17.0. The topological polar surface area (TPSA) is 29.9 Å². The molecule has 0 aromatic carbocycles. The van der Waals surface area contributed by atoms with E-state index in [0.717, 1.165) is 37.0 Å². The first-order valence-corrected chi connectivity index (χ1v) is 9.35. The van der Waals surface area contributed by atoms with Gasteiger partial charge in [0.15, 0.2) is 0 Å².